The zero-order valence-electron chi connectivity index (χ0n) is 12.8. The number of amides is 1. The molecule has 0 fully saturated rings. The fourth-order valence-electron chi connectivity index (χ4n) is 2.49. The molecule has 0 spiro atoms. The van der Waals surface area contributed by atoms with Crippen LogP contribution in [0.2, 0.25) is 0 Å². The fourth-order valence-corrected chi connectivity index (χ4v) is 2.49. The molecule has 0 aliphatic rings. The van der Waals surface area contributed by atoms with Crippen LogP contribution in [0.15, 0.2) is 63.8 Å². The predicted octanol–water partition coefficient (Wildman–Crippen LogP) is 1.84. The van der Waals surface area contributed by atoms with Gasteiger partial charge in [-0.2, -0.15) is 0 Å². The number of primary amides is 1. The van der Waals surface area contributed by atoms with Gasteiger partial charge in [0, 0.05) is 18.7 Å². The third-order valence-electron chi connectivity index (χ3n) is 3.56. The minimum absolute atomic E-state index is 0.303. The minimum atomic E-state index is -0.589. The summed E-state index contributed by atoms with van der Waals surface area (Å²) in [6, 6.07) is 16.7. The van der Waals surface area contributed by atoms with Gasteiger partial charge in [0.15, 0.2) is 0 Å². The molecule has 3 rings (SSSR count). The number of aromatic nitrogens is 2. The van der Waals surface area contributed by atoms with Crippen molar-refractivity contribution < 1.29 is 9.21 Å². The lowest BCUT2D eigenvalue weighted by Crippen LogP contribution is -2.24. The third-order valence-corrected chi connectivity index (χ3v) is 3.56. The van der Waals surface area contributed by atoms with Crippen LogP contribution >= 0.6 is 0 Å². The van der Waals surface area contributed by atoms with Gasteiger partial charge in [-0.25, -0.2) is 9.89 Å². The van der Waals surface area contributed by atoms with Crippen molar-refractivity contribution in [1.29, 1.82) is 0 Å². The summed E-state index contributed by atoms with van der Waals surface area (Å²) in [5, 5.41) is 6.05. The van der Waals surface area contributed by atoms with Crippen LogP contribution in [0.3, 0.4) is 0 Å². The lowest BCUT2D eigenvalue weighted by Gasteiger charge is -2.26. The van der Waals surface area contributed by atoms with Crippen molar-refractivity contribution >= 4 is 17.3 Å². The first-order valence-electron chi connectivity index (χ1n) is 7.41. The average molecular weight is 324 g/mol. The summed E-state index contributed by atoms with van der Waals surface area (Å²) in [5.41, 5.74) is 7.50. The Morgan fingerprint density at radius 1 is 1.12 bits per heavy atom. The molecule has 0 saturated carbocycles. The highest BCUT2D eigenvalue weighted by atomic mass is 16.4. The van der Waals surface area contributed by atoms with E-state index in [1.165, 1.54) is 0 Å². The van der Waals surface area contributed by atoms with Gasteiger partial charge in [0.1, 0.15) is 0 Å². The Balaban J connectivity index is 1.96. The van der Waals surface area contributed by atoms with E-state index in [1.807, 2.05) is 47.4 Å². The van der Waals surface area contributed by atoms with E-state index >= 15 is 0 Å². The molecule has 7 heteroatoms. The maximum atomic E-state index is 11.8. The van der Waals surface area contributed by atoms with Crippen LogP contribution in [0, 0.1) is 0 Å². The molecule has 3 N–H and O–H groups in total. The van der Waals surface area contributed by atoms with E-state index in [0.29, 0.717) is 30.1 Å². The molecule has 0 unspecified atom stereocenters. The largest absolute Gasteiger partial charge is 0.434 e. The van der Waals surface area contributed by atoms with Crippen LogP contribution in [0.25, 0.3) is 0 Å². The number of H-pyrrole nitrogens is 1. The Morgan fingerprint density at radius 3 is 2.50 bits per heavy atom. The van der Waals surface area contributed by atoms with Gasteiger partial charge in [0.25, 0.3) is 5.91 Å². The van der Waals surface area contributed by atoms with Crippen molar-refractivity contribution in [2.45, 2.75) is 6.42 Å². The van der Waals surface area contributed by atoms with Gasteiger partial charge in [0.2, 0.25) is 5.89 Å². The number of rotatable bonds is 6. The second-order valence-electron chi connectivity index (χ2n) is 5.13. The first kappa shape index (κ1) is 15.5. The highest BCUT2D eigenvalue weighted by Gasteiger charge is 2.17. The molecule has 3 aromatic rings. The number of para-hydroxylation sites is 2. The maximum Gasteiger partial charge on any atom is 0.434 e. The number of aromatic amines is 1. The number of carbonyl (C=O) groups is 1. The normalized spacial score (nSPS) is 10.5. The van der Waals surface area contributed by atoms with E-state index in [0.717, 1.165) is 5.69 Å². The molecule has 122 valence electrons. The number of nitrogens with one attached hydrogen (secondary N) is 1. The SMILES string of the molecule is NC(=O)c1ccccc1N(CCc1n[nH]c(=O)o1)c1ccccc1. The quantitative estimate of drug-likeness (QED) is 0.720. The second kappa shape index (κ2) is 6.82. The molecule has 0 aliphatic heterocycles. The van der Waals surface area contributed by atoms with Crippen LogP contribution in [0.4, 0.5) is 11.4 Å². The Morgan fingerprint density at radius 2 is 1.83 bits per heavy atom. The van der Waals surface area contributed by atoms with E-state index in [-0.39, 0.29) is 0 Å². The van der Waals surface area contributed by atoms with Crippen molar-refractivity contribution in [2.75, 3.05) is 11.4 Å². The molecule has 0 bridgehead atoms. The van der Waals surface area contributed by atoms with E-state index in [1.54, 1.807) is 12.1 Å². The summed E-state index contributed by atoms with van der Waals surface area (Å²) in [7, 11) is 0. The summed E-state index contributed by atoms with van der Waals surface area (Å²) in [5.74, 6) is -0.788. The smallest absolute Gasteiger partial charge is 0.392 e. The van der Waals surface area contributed by atoms with Gasteiger partial charge in [-0.05, 0) is 24.3 Å². The van der Waals surface area contributed by atoms with Crippen molar-refractivity contribution in [3.63, 3.8) is 0 Å². The molecule has 0 saturated heterocycles. The van der Waals surface area contributed by atoms with Crippen LogP contribution in [0.1, 0.15) is 16.2 Å². The highest BCUT2D eigenvalue weighted by Crippen LogP contribution is 2.28. The van der Waals surface area contributed by atoms with Crippen LogP contribution in [-0.2, 0) is 6.42 Å². The zero-order valence-corrected chi connectivity index (χ0v) is 12.8. The van der Waals surface area contributed by atoms with Gasteiger partial charge in [0.05, 0.1) is 11.3 Å². The van der Waals surface area contributed by atoms with E-state index < -0.39 is 11.7 Å². The average Bonchev–Trinajstić information content (AvgIpc) is 3.02. The lowest BCUT2D eigenvalue weighted by atomic mass is 10.1. The predicted molar refractivity (Wildman–Crippen MR) is 89.2 cm³/mol. The van der Waals surface area contributed by atoms with Crippen molar-refractivity contribution in [3.8, 4) is 0 Å². The van der Waals surface area contributed by atoms with Crippen molar-refractivity contribution in [1.82, 2.24) is 10.2 Å². The van der Waals surface area contributed by atoms with Gasteiger partial charge in [-0.15, -0.1) is 5.10 Å². The first-order chi connectivity index (χ1) is 11.6. The van der Waals surface area contributed by atoms with Crippen molar-refractivity contribution in [2.24, 2.45) is 5.73 Å². The Kier molecular flexibility index (Phi) is 4.42. The van der Waals surface area contributed by atoms with E-state index in [2.05, 4.69) is 10.2 Å². The molecule has 1 aromatic heterocycles. The summed E-state index contributed by atoms with van der Waals surface area (Å²) in [6.07, 6.45) is 0.390. The molecule has 0 aliphatic carbocycles. The second-order valence-corrected chi connectivity index (χ2v) is 5.13. The molecule has 1 amide bonds. The van der Waals surface area contributed by atoms with Crippen molar-refractivity contribution in [3.05, 3.63) is 76.6 Å². The minimum Gasteiger partial charge on any atom is -0.392 e. The van der Waals surface area contributed by atoms with Gasteiger partial charge in [-0.3, -0.25) is 4.79 Å². The Labute approximate surface area is 137 Å². The van der Waals surface area contributed by atoms with E-state index in [9.17, 15) is 9.59 Å². The van der Waals surface area contributed by atoms with Gasteiger partial charge >= 0.3 is 5.76 Å². The lowest BCUT2D eigenvalue weighted by molar-refractivity contribution is 0.100. The summed E-state index contributed by atoms with van der Waals surface area (Å²) < 4.78 is 4.94. The molecule has 24 heavy (non-hydrogen) atoms. The number of benzene rings is 2. The number of nitrogens with two attached hydrogens (primary N) is 1. The number of hydrogen-bond donors (Lipinski definition) is 2. The number of nitrogens with zero attached hydrogens (tertiary/aromatic N) is 2. The molecular formula is C17H16N4O3. The molecule has 2 aromatic carbocycles. The molecule has 7 nitrogen and oxygen atoms in total. The number of carbonyl (C=O) groups excluding carboxylic acids is 1. The van der Waals surface area contributed by atoms with Crippen LogP contribution in [0.5, 0.6) is 0 Å². The fraction of sp³-hybridized carbons (Fsp3) is 0.118. The number of anilines is 2. The van der Waals surface area contributed by atoms with E-state index in [4.69, 9.17) is 10.2 Å². The summed E-state index contributed by atoms with van der Waals surface area (Å²) in [6.45, 7) is 0.460. The molecular weight excluding hydrogens is 308 g/mol. The zero-order chi connectivity index (χ0) is 16.9. The van der Waals surface area contributed by atoms with Crippen LogP contribution < -0.4 is 16.4 Å². The maximum absolute atomic E-state index is 11.8. The Bertz CT molecular complexity index is 886. The molecule has 0 radical (unpaired) electrons. The van der Waals surface area contributed by atoms with Crippen LogP contribution in [-0.4, -0.2) is 22.6 Å². The monoisotopic (exact) mass is 324 g/mol. The Hall–Kier alpha value is -3.35. The first-order valence-corrected chi connectivity index (χ1v) is 7.41. The third kappa shape index (κ3) is 3.35. The van der Waals surface area contributed by atoms with Gasteiger partial charge in [-0.1, -0.05) is 30.3 Å². The number of hydrogen-bond acceptors (Lipinski definition) is 5. The summed E-state index contributed by atoms with van der Waals surface area (Å²) in [4.78, 5) is 24.8. The standard InChI is InChI=1S/C17H16N4O3/c18-16(22)13-8-4-5-9-14(13)21(12-6-2-1-3-7-12)11-10-15-19-20-17(23)24-15/h1-9H,10-11H2,(H2,18,22)(H,20,23). The summed E-state index contributed by atoms with van der Waals surface area (Å²) >= 11 is 0. The highest BCUT2D eigenvalue weighted by molar-refractivity contribution is 5.99. The molecule has 1 heterocycles. The molecule has 0 atom stereocenters. The van der Waals surface area contributed by atoms with Gasteiger partial charge < -0.3 is 15.1 Å². The topological polar surface area (TPSA) is 105 Å².